The van der Waals surface area contributed by atoms with Gasteiger partial charge in [-0.1, -0.05) is 18.2 Å². The number of pyridine rings is 1. The number of aliphatic hydroxyl groups is 1. The van der Waals surface area contributed by atoms with E-state index in [1.165, 1.54) is 0 Å². The van der Waals surface area contributed by atoms with Crippen LogP contribution in [0.25, 0.3) is 0 Å². The Balaban J connectivity index is 1.39. The number of rotatable bonds is 4. The molecule has 2 heterocycles. The Morgan fingerprint density at radius 3 is 2.58 bits per heavy atom. The van der Waals surface area contributed by atoms with Crippen LogP contribution in [0, 0.1) is 5.41 Å². The monoisotopic (exact) mass is 354 g/mol. The lowest BCUT2D eigenvalue weighted by Gasteiger charge is -2.55. The zero-order valence-electron chi connectivity index (χ0n) is 14.4. The molecule has 1 spiro atoms. The van der Waals surface area contributed by atoms with Gasteiger partial charge < -0.3 is 19.9 Å². The van der Waals surface area contributed by atoms with E-state index >= 15 is 0 Å². The third-order valence-electron chi connectivity index (χ3n) is 5.49. The molecule has 2 N–H and O–H groups in total. The van der Waals surface area contributed by atoms with Crippen molar-refractivity contribution in [2.24, 2.45) is 5.41 Å². The molecular formula is C20H22N2O4. The van der Waals surface area contributed by atoms with Gasteiger partial charge in [-0.25, -0.2) is 4.98 Å². The molecule has 1 aliphatic carbocycles. The van der Waals surface area contributed by atoms with E-state index in [-0.39, 0.29) is 23.5 Å². The predicted octanol–water partition coefficient (Wildman–Crippen LogP) is 2.53. The van der Waals surface area contributed by atoms with Crippen LogP contribution in [0.15, 0.2) is 48.7 Å². The number of ether oxygens (including phenoxy) is 2. The Kier molecular flexibility index (Phi) is 4.61. The number of carbonyl (C=O) groups is 1. The van der Waals surface area contributed by atoms with E-state index in [1.54, 1.807) is 18.3 Å². The molecule has 2 aromatic rings. The van der Waals surface area contributed by atoms with Gasteiger partial charge in [0.25, 0.3) is 5.91 Å². The third-order valence-corrected chi connectivity index (χ3v) is 5.49. The summed E-state index contributed by atoms with van der Waals surface area (Å²) in [5, 5.41) is 13.2. The number of aliphatic hydroxyl groups excluding tert-OH is 1. The van der Waals surface area contributed by atoms with Crippen LogP contribution in [0.4, 0.5) is 0 Å². The van der Waals surface area contributed by atoms with Gasteiger partial charge in [-0.15, -0.1) is 0 Å². The second kappa shape index (κ2) is 7.05. The summed E-state index contributed by atoms with van der Waals surface area (Å²) in [6.45, 7) is 1.26. The van der Waals surface area contributed by atoms with E-state index in [9.17, 15) is 9.90 Å². The van der Waals surface area contributed by atoms with E-state index in [0.29, 0.717) is 31.1 Å². The number of para-hydroxylation sites is 1. The Hall–Kier alpha value is -2.44. The number of hydrogen-bond donors (Lipinski definition) is 2. The van der Waals surface area contributed by atoms with Crippen molar-refractivity contribution in [2.45, 2.75) is 31.4 Å². The topological polar surface area (TPSA) is 80.7 Å². The molecule has 6 nitrogen and oxygen atoms in total. The van der Waals surface area contributed by atoms with Crippen molar-refractivity contribution in [3.8, 4) is 11.5 Å². The van der Waals surface area contributed by atoms with Gasteiger partial charge in [-0.2, -0.15) is 0 Å². The fourth-order valence-electron chi connectivity index (χ4n) is 3.83. The first kappa shape index (κ1) is 17.0. The van der Waals surface area contributed by atoms with Crippen molar-refractivity contribution in [3.05, 3.63) is 54.4 Å². The molecule has 0 radical (unpaired) electrons. The largest absolute Gasteiger partial charge is 0.456 e. The number of benzene rings is 1. The lowest BCUT2D eigenvalue weighted by atomic mass is 9.58. The van der Waals surface area contributed by atoms with Gasteiger partial charge in [0.2, 0.25) is 0 Å². The summed E-state index contributed by atoms with van der Waals surface area (Å²) in [6.07, 6.45) is 3.31. The fourth-order valence-corrected chi connectivity index (χ4v) is 3.83. The fraction of sp³-hybridized carbons (Fsp3) is 0.400. The molecule has 1 amide bonds. The highest BCUT2D eigenvalue weighted by Gasteiger charge is 2.55. The number of nitrogens with zero attached hydrogens (tertiary/aromatic N) is 1. The Morgan fingerprint density at radius 1 is 1.15 bits per heavy atom. The highest BCUT2D eigenvalue weighted by atomic mass is 16.5. The molecule has 2 fully saturated rings. The smallest absolute Gasteiger partial charge is 0.270 e. The molecule has 1 aromatic carbocycles. The standard InChI is InChI=1S/C20H22N2O4/c23-18-12-17(20(18)8-10-25-11-9-20)22-19(24)16-7-6-15(13-21-16)26-14-4-2-1-3-5-14/h1-7,13,17-18,23H,8-12H2,(H,22,24)/t17-,18-/m1/s1. The second-order valence-corrected chi connectivity index (χ2v) is 6.92. The van der Waals surface area contributed by atoms with Gasteiger partial charge in [0.05, 0.1) is 12.3 Å². The van der Waals surface area contributed by atoms with Crippen molar-refractivity contribution in [2.75, 3.05) is 13.2 Å². The molecule has 136 valence electrons. The molecule has 2 aliphatic rings. The normalized spacial score (nSPS) is 23.9. The van der Waals surface area contributed by atoms with E-state index in [0.717, 1.165) is 18.6 Å². The van der Waals surface area contributed by atoms with Crippen LogP contribution in [0.2, 0.25) is 0 Å². The lowest BCUT2D eigenvalue weighted by molar-refractivity contribution is -0.145. The minimum atomic E-state index is -0.369. The molecule has 1 saturated heterocycles. The Labute approximate surface area is 152 Å². The van der Waals surface area contributed by atoms with Gasteiger partial charge in [0, 0.05) is 24.7 Å². The summed E-state index contributed by atoms with van der Waals surface area (Å²) in [6, 6.07) is 12.8. The van der Waals surface area contributed by atoms with Gasteiger partial charge >= 0.3 is 0 Å². The van der Waals surface area contributed by atoms with Crippen LogP contribution in [-0.4, -0.2) is 41.4 Å². The second-order valence-electron chi connectivity index (χ2n) is 6.92. The van der Waals surface area contributed by atoms with Crippen molar-refractivity contribution in [1.29, 1.82) is 0 Å². The summed E-state index contributed by atoms with van der Waals surface area (Å²) in [5.74, 6) is 1.07. The van der Waals surface area contributed by atoms with Gasteiger partial charge in [0.1, 0.15) is 17.2 Å². The number of aromatic nitrogens is 1. The molecule has 1 saturated carbocycles. The summed E-state index contributed by atoms with van der Waals surface area (Å²) < 4.78 is 11.1. The molecule has 1 aromatic heterocycles. The number of nitrogens with one attached hydrogen (secondary N) is 1. The maximum absolute atomic E-state index is 12.5. The van der Waals surface area contributed by atoms with E-state index < -0.39 is 0 Å². The van der Waals surface area contributed by atoms with E-state index in [2.05, 4.69) is 10.3 Å². The summed E-state index contributed by atoms with van der Waals surface area (Å²) >= 11 is 0. The maximum atomic E-state index is 12.5. The molecule has 1 aliphatic heterocycles. The zero-order valence-corrected chi connectivity index (χ0v) is 14.4. The first-order valence-corrected chi connectivity index (χ1v) is 8.93. The first-order chi connectivity index (χ1) is 12.7. The van der Waals surface area contributed by atoms with Crippen LogP contribution in [-0.2, 0) is 4.74 Å². The van der Waals surface area contributed by atoms with Crippen molar-refractivity contribution in [1.82, 2.24) is 10.3 Å². The van der Waals surface area contributed by atoms with Crippen LogP contribution in [0.3, 0.4) is 0 Å². The molecule has 2 atom stereocenters. The van der Waals surface area contributed by atoms with Crippen LogP contribution < -0.4 is 10.1 Å². The van der Waals surface area contributed by atoms with Gasteiger partial charge in [-0.3, -0.25) is 4.79 Å². The maximum Gasteiger partial charge on any atom is 0.270 e. The average molecular weight is 354 g/mol. The average Bonchev–Trinajstić information content (AvgIpc) is 2.69. The molecule has 0 unspecified atom stereocenters. The van der Waals surface area contributed by atoms with Crippen LogP contribution in [0.1, 0.15) is 29.8 Å². The third kappa shape index (κ3) is 3.18. The summed E-state index contributed by atoms with van der Waals surface area (Å²) in [5.41, 5.74) is 0.0959. The highest BCUT2D eigenvalue weighted by Crippen LogP contribution is 2.49. The molecule has 6 heteroatoms. The van der Waals surface area contributed by atoms with Gasteiger partial charge in [-0.05, 0) is 43.5 Å². The predicted molar refractivity (Wildman–Crippen MR) is 95.1 cm³/mol. The molecule has 4 rings (SSSR count). The van der Waals surface area contributed by atoms with E-state index in [1.807, 2.05) is 30.3 Å². The minimum Gasteiger partial charge on any atom is -0.456 e. The van der Waals surface area contributed by atoms with Crippen molar-refractivity contribution >= 4 is 5.91 Å². The summed E-state index contributed by atoms with van der Waals surface area (Å²) in [4.78, 5) is 16.7. The minimum absolute atomic E-state index is 0.0315. The Bertz CT molecular complexity index is 757. The zero-order chi connectivity index (χ0) is 18.0. The number of amides is 1. The quantitative estimate of drug-likeness (QED) is 0.882. The highest BCUT2D eigenvalue weighted by molar-refractivity contribution is 5.92. The lowest BCUT2D eigenvalue weighted by Crippen LogP contribution is -2.65. The summed E-state index contributed by atoms with van der Waals surface area (Å²) in [7, 11) is 0. The molecular weight excluding hydrogens is 332 g/mol. The Morgan fingerprint density at radius 2 is 1.92 bits per heavy atom. The van der Waals surface area contributed by atoms with E-state index in [4.69, 9.17) is 9.47 Å². The van der Waals surface area contributed by atoms with Gasteiger partial charge in [0.15, 0.2) is 0 Å². The first-order valence-electron chi connectivity index (χ1n) is 8.93. The van der Waals surface area contributed by atoms with Crippen molar-refractivity contribution < 1.29 is 19.4 Å². The van der Waals surface area contributed by atoms with Crippen molar-refractivity contribution in [3.63, 3.8) is 0 Å². The number of carbonyl (C=O) groups excluding carboxylic acids is 1. The number of hydrogen-bond acceptors (Lipinski definition) is 5. The molecule has 26 heavy (non-hydrogen) atoms. The van der Waals surface area contributed by atoms with Crippen LogP contribution in [0.5, 0.6) is 11.5 Å². The SMILES string of the molecule is O=C(N[C@@H]1C[C@@H](O)C12CCOCC2)c1ccc(Oc2ccccc2)cn1. The molecule has 0 bridgehead atoms. The van der Waals surface area contributed by atoms with Crippen LogP contribution >= 0.6 is 0 Å².